The predicted molar refractivity (Wildman–Crippen MR) is 77.8 cm³/mol. The topological polar surface area (TPSA) is 46.5 Å². The summed E-state index contributed by atoms with van der Waals surface area (Å²) in [7, 11) is 0. The van der Waals surface area contributed by atoms with Crippen molar-refractivity contribution in [2.75, 3.05) is 0 Å². The number of benzene rings is 2. The molecule has 23 heavy (non-hydrogen) atoms. The summed E-state index contributed by atoms with van der Waals surface area (Å²) in [6.45, 7) is 0.0801. The van der Waals surface area contributed by atoms with Crippen LogP contribution in [0.3, 0.4) is 0 Å². The largest absolute Gasteiger partial charge is 0.479 e. The Hall–Kier alpha value is -2.34. The smallest absolute Gasteiger partial charge is 0.416 e. The van der Waals surface area contributed by atoms with Crippen LogP contribution in [0.25, 0.3) is 0 Å². The highest BCUT2D eigenvalue weighted by Gasteiger charge is 2.30. The normalized spacial score (nSPS) is 12.8. The lowest BCUT2D eigenvalue weighted by Crippen LogP contribution is -2.26. The number of carboxylic acids is 1. The van der Waals surface area contributed by atoms with Crippen molar-refractivity contribution in [1.29, 1.82) is 0 Å². The molecule has 2 aromatic rings. The molecule has 0 aliphatic heterocycles. The van der Waals surface area contributed by atoms with E-state index >= 15 is 0 Å². The minimum Gasteiger partial charge on any atom is -0.479 e. The first-order valence-electron chi connectivity index (χ1n) is 6.91. The van der Waals surface area contributed by atoms with Crippen LogP contribution in [0.15, 0.2) is 54.6 Å². The molecule has 0 heterocycles. The highest BCUT2D eigenvalue weighted by Crippen LogP contribution is 2.29. The van der Waals surface area contributed by atoms with Crippen LogP contribution in [-0.4, -0.2) is 17.2 Å². The van der Waals surface area contributed by atoms with Gasteiger partial charge in [0.25, 0.3) is 0 Å². The summed E-state index contributed by atoms with van der Waals surface area (Å²) >= 11 is 0. The van der Waals surface area contributed by atoms with Crippen LogP contribution >= 0.6 is 0 Å². The van der Waals surface area contributed by atoms with Crippen molar-refractivity contribution >= 4 is 5.97 Å². The lowest BCUT2D eigenvalue weighted by Gasteiger charge is -2.15. The fraction of sp³-hybridized carbons (Fsp3) is 0.235. The quantitative estimate of drug-likeness (QED) is 0.876. The van der Waals surface area contributed by atoms with Crippen LogP contribution in [-0.2, 0) is 28.7 Å². The summed E-state index contributed by atoms with van der Waals surface area (Å²) in [4.78, 5) is 11.3. The van der Waals surface area contributed by atoms with Crippen molar-refractivity contribution in [1.82, 2.24) is 0 Å². The Labute approximate surface area is 131 Å². The van der Waals surface area contributed by atoms with E-state index in [0.717, 1.165) is 17.7 Å². The van der Waals surface area contributed by atoms with Gasteiger partial charge in [-0.25, -0.2) is 4.79 Å². The summed E-state index contributed by atoms with van der Waals surface area (Å²) in [6.07, 6.45) is -5.80. The van der Waals surface area contributed by atoms with Crippen LogP contribution in [0, 0.1) is 0 Å². The molecule has 0 aromatic heterocycles. The number of hydrogen-bond donors (Lipinski definition) is 1. The molecule has 0 saturated carbocycles. The number of carboxylic acid groups (broad SMARTS) is 1. The molecular formula is C17H15F3O3. The molecule has 3 nitrogen and oxygen atoms in total. The molecule has 0 spiro atoms. The van der Waals surface area contributed by atoms with E-state index in [4.69, 9.17) is 4.74 Å². The van der Waals surface area contributed by atoms with Gasteiger partial charge in [-0.2, -0.15) is 13.2 Å². The third kappa shape index (κ3) is 5.10. The van der Waals surface area contributed by atoms with E-state index in [9.17, 15) is 23.1 Å². The second-order valence-electron chi connectivity index (χ2n) is 5.03. The first-order chi connectivity index (χ1) is 10.9. The summed E-state index contributed by atoms with van der Waals surface area (Å²) in [5.74, 6) is -1.21. The van der Waals surface area contributed by atoms with Crippen molar-refractivity contribution in [3.8, 4) is 0 Å². The first kappa shape index (κ1) is 17.0. The van der Waals surface area contributed by atoms with E-state index in [1.807, 2.05) is 6.07 Å². The van der Waals surface area contributed by atoms with Gasteiger partial charge in [-0.1, -0.05) is 48.5 Å². The lowest BCUT2D eigenvalue weighted by atomic mass is 10.0. The molecule has 6 heteroatoms. The molecular weight excluding hydrogens is 309 g/mol. The molecule has 0 aliphatic carbocycles. The van der Waals surface area contributed by atoms with E-state index in [1.54, 1.807) is 24.3 Å². The van der Waals surface area contributed by atoms with Crippen molar-refractivity contribution in [3.05, 3.63) is 71.3 Å². The number of rotatable bonds is 6. The minimum atomic E-state index is -4.46. The van der Waals surface area contributed by atoms with Gasteiger partial charge in [0.05, 0.1) is 12.2 Å². The average Bonchev–Trinajstić information content (AvgIpc) is 2.51. The average molecular weight is 324 g/mol. The molecule has 122 valence electrons. The van der Waals surface area contributed by atoms with Gasteiger partial charge >= 0.3 is 12.1 Å². The van der Waals surface area contributed by atoms with Crippen LogP contribution in [0.1, 0.15) is 16.7 Å². The second kappa shape index (κ2) is 7.28. The van der Waals surface area contributed by atoms with Gasteiger partial charge in [0, 0.05) is 6.42 Å². The minimum absolute atomic E-state index is 0.0801. The standard InChI is InChI=1S/C17H15F3O3/c18-17(19,20)14-8-4-7-13(9-14)10-15(16(21)22)23-11-12-5-2-1-3-6-12/h1-9,15H,10-11H2,(H,21,22). The maximum absolute atomic E-state index is 12.7. The van der Waals surface area contributed by atoms with Gasteiger partial charge in [0.15, 0.2) is 6.10 Å². The number of halogens is 3. The van der Waals surface area contributed by atoms with Crippen molar-refractivity contribution in [2.45, 2.75) is 25.3 Å². The highest BCUT2D eigenvalue weighted by molar-refractivity contribution is 5.72. The first-order valence-corrected chi connectivity index (χ1v) is 6.91. The van der Waals surface area contributed by atoms with E-state index in [2.05, 4.69) is 0 Å². The third-order valence-electron chi connectivity index (χ3n) is 3.24. The Bertz CT molecular complexity index is 654. The molecule has 2 aromatic carbocycles. The molecule has 0 aliphatic rings. The van der Waals surface area contributed by atoms with E-state index in [1.165, 1.54) is 12.1 Å². The van der Waals surface area contributed by atoms with Gasteiger partial charge in [-0.15, -0.1) is 0 Å². The number of ether oxygens (including phenoxy) is 1. The lowest BCUT2D eigenvalue weighted by molar-refractivity contribution is -0.151. The second-order valence-corrected chi connectivity index (χ2v) is 5.03. The van der Waals surface area contributed by atoms with Crippen LogP contribution in [0.5, 0.6) is 0 Å². The molecule has 1 N–H and O–H groups in total. The number of aliphatic carboxylic acids is 1. The third-order valence-corrected chi connectivity index (χ3v) is 3.24. The van der Waals surface area contributed by atoms with Crippen LogP contribution < -0.4 is 0 Å². The van der Waals surface area contributed by atoms with Gasteiger partial charge in [0.2, 0.25) is 0 Å². The number of alkyl halides is 3. The van der Waals surface area contributed by atoms with Gasteiger partial charge in [-0.3, -0.25) is 0 Å². The Balaban J connectivity index is 2.06. The Morgan fingerprint density at radius 1 is 1.04 bits per heavy atom. The summed E-state index contributed by atoms with van der Waals surface area (Å²) in [5, 5.41) is 9.19. The molecule has 2 rings (SSSR count). The van der Waals surface area contributed by atoms with Crippen molar-refractivity contribution in [2.24, 2.45) is 0 Å². The van der Waals surface area contributed by atoms with Gasteiger partial charge in [0.1, 0.15) is 0 Å². The number of hydrogen-bond acceptors (Lipinski definition) is 2. The molecule has 0 amide bonds. The van der Waals surface area contributed by atoms with E-state index in [0.29, 0.717) is 0 Å². The Morgan fingerprint density at radius 3 is 2.30 bits per heavy atom. The zero-order valence-electron chi connectivity index (χ0n) is 12.1. The summed E-state index contributed by atoms with van der Waals surface area (Å²) in [5.41, 5.74) is 0.255. The fourth-order valence-corrected chi connectivity index (χ4v) is 2.08. The Morgan fingerprint density at radius 2 is 1.70 bits per heavy atom. The zero-order valence-corrected chi connectivity index (χ0v) is 12.1. The van der Waals surface area contributed by atoms with E-state index in [-0.39, 0.29) is 18.6 Å². The maximum Gasteiger partial charge on any atom is 0.416 e. The maximum atomic E-state index is 12.7. The van der Waals surface area contributed by atoms with E-state index < -0.39 is 23.8 Å². The van der Waals surface area contributed by atoms with Crippen LogP contribution in [0.2, 0.25) is 0 Å². The van der Waals surface area contributed by atoms with Gasteiger partial charge in [-0.05, 0) is 17.2 Å². The van der Waals surface area contributed by atoms with Crippen LogP contribution in [0.4, 0.5) is 13.2 Å². The highest BCUT2D eigenvalue weighted by atomic mass is 19.4. The molecule has 0 radical (unpaired) electrons. The predicted octanol–water partition coefficient (Wildman–Crippen LogP) is 3.92. The molecule has 1 unspecified atom stereocenters. The zero-order chi connectivity index (χ0) is 16.9. The summed E-state index contributed by atoms with van der Waals surface area (Å²) < 4.78 is 43.4. The van der Waals surface area contributed by atoms with Crippen molar-refractivity contribution < 1.29 is 27.8 Å². The van der Waals surface area contributed by atoms with Crippen molar-refractivity contribution in [3.63, 3.8) is 0 Å². The van der Waals surface area contributed by atoms with Gasteiger partial charge < -0.3 is 9.84 Å². The molecule has 1 atom stereocenters. The Kier molecular flexibility index (Phi) is 5.39. The number of carbonyl (C=O) groups is 1. The SMILES string of the molecule is O=C(O)C(Cc1cccc(C(F)(F)F)c1)OCc1ccccc1. The monoisotopic (exact) mass is 324 g/mol. The molecule has 0 bridgehead atoms. The molecule has 0 fully saturated rings. The fourth-order valence-electron chi connectivity index (χ4n) is 2.08. The summed E-state index contributed by atoms with van der Waals surface area (Å²) in [6, 6.07) is 13.6. The molecule has 0 saturated heterocycles.